The Morgan fingerprint density at radius 3 is 2.61 bits per heavy atom. The van der Waals surface area contributed by atoms with Crippen LogP contribution in [0.3, 0.4) is 0 Å². The van der Waals surface area contributed by atoms with Gasteiger partial charge < -0.3 is 15.8 Å². The molecule has 0 heterocycles. The number of amides is 1. The first-order valence-electron chi connectivity index (χ1n) is 6.58. The Hall–Kier alpha value is -0.960. The number of methoxy groups -OCH3 is 1. The summed E-state index contributed by atoms with van der Waals surface area (Å²) >= 11 is 0.639. The maximum absolute atomic E-state index is 12.3. The van der Waals surface area contributed by atoms with Crippen molar-refractivity contribution >= 4 is 35.8 Å². The molecule has 0 spiro atoms. The van der Waals surface area contributed by atoms with E-state index in [0.29, 0.717) is 22.3 Å². The quantitative estimate of drug-likeness (QED) is 0.720. The number of nitrogens with two attached hydrogens (primary N) is 1. The number of carbonyl (C=O) groups excluding carboxylic acids is 1. The molecule has 0 aliphatic rings. The molecule has 0 aromatic heterocycles. The van der Waals surface area contributed by atoms with E-state index in [4.69, 9.17) is 10.5 Å². The van der Waals surface area contributed by atoms with Crippen LogP contribution in [0.1, 0.15) is 12.0 Å². The van der Waals surface area contributed by atoms with Gasteiger partial charge in [-0.15, -0.1) is 24.2 Å². The standard InChI is InChI=1S/C14H19F3N2O2S.ClH/c1-9-3-4-12(22-8-14(15,16)17)11(5-9)19-13(20)6-10(7-18)21-2;/h3-5,10H,6-8,18H2,1-2H3,(H,19,20);1H. The molecular formula is C14H20ClF3N2O2S. The molecule has 1 unspecified atom stereocenters. The van der Waals surface area contributed by atoms with Crippen molar-refractivity contribution in [3.05, 3.63) is 23.8 Å². The summed E-state index contributed by atoms with van der Waals surface area (Å²) in [5, 5.41) is 2.62. The molecule has 1 aromatic rings. The number of ether oxygens (including phenoxy) is 1. The van der Waals surface area contributed by atoms with Crippen LogP contribution in [-0.2, 0) is 9.53 Å². The van der Waals surface area contributed by atoms with Crippen LogP contribution >= 0.6 is 24.2 Å². The van der Waals surface area contributed by atoms with Gasteiger partial charge in [0.2, 0.25) is 5.91 Å². The second-order valence-electron chi connectivity index (χ2n) is 4.75. The number of nitrogens with one attached hydrogen (secondary N) is 1. The molecule has 1 amide bonds. The molecule has 23 heavy (non-hydrogen) atoms. The lowest BCUT2D eigenvalue weighted by molar-refractivity contribution is -0.118. The largest absolute Gasteiger partial charge is 0.398 e. The van der Waals surface area contributed by atoms with Gasteiger partial charge in [-0.25, -0.2) is 0 Å². The van der Waals surface area contributed by atoms with Crippen molar-refractivity contribution in [2.24, 2.45) is 5.73 Å². The topological polar surface area (TPSA) is 64.3 Å². The van der Waals surface area contributed by atoms with E-state index in [2.05, 4.69) is 5.32 Å². The molecule has 0 radical (unpaired) electrons. The number of hydrogen-bond acceptors (Lipinski definition) is 4. The third kappa shape index (κ3) is 8.45. The van der Waals surface area contributed by atoms with Crippen LogP contribution in [0.5, 0.6) is 0 Å². The van der Waals surface area contributed by atoms with Gasteiger partial charge in [0.1, 0.15) is 0 Å². The summed E-state index contributed by atoms with van der Waals surface area (Å²) in [5.74, 6) is -1.36. The highest BCUT2D eigenvalue weighted by Crippen LogP contribution is 2.33. The minimum Gasteiger partial charge on any atom is -0.380 e. The lowest BCUT2D eigenvalue weighted by atomic mass is 10.2. The summed E-state index contributed by atoms with van der Waals surface area (Å²) < 4.78 is 42.0. The van der Waals surface area contributed by atoms with Gasteiger partial charge in [-0.05, 0) is 24.6 Å². The molecule has 1 aromatic carbocycles. The van der Waals surface area contributed by atoms with Crippen molar-refractivity contribution in [1.82, 2.24) is 0 Å². The second-order valence-corrected chi connectivity index (χ2v) is 5.77. The summed E-state index contributed by atoms with van der Waals surface area (Å²) in [6.45, 7) is 1.99. The predicted octanol–water partition coefficient (Wildman–Crippen LogP) is 3.37. The van der Waals surface area contributed by atoms with E-state index < -0.39 is 18.0 Å². The molecule has 0 fully saturated rings. The van der Waals surface area contributed by atoms with Gasteiger partial charge in [0.15, 0.2) is 0 Å². The first-order chi connectivity index (χ1) is 10.2. The van der Waals surface area contributed by atoms with E-state index in [1.54, 1.807) is 25.1 Å². The zero-order chi connectivity index (χ0) is 16.8. The zero-order valence-electron chi connectivity index (χ0n) is 12.8. The Morgan fingerprint density at radius 1 is 1.43 bits per heavy atom. The summed E-state index contributed by atoms with van der Waals surface area (Å²) in [4.78, 5) is 12.3. The van der Waals surface area contributed by atoms with Crippen LogP contribution in [0.4, 0.5) is 18.9 Å². The van der Waals surface area contributed by atoms with Crippen LogP contribution < -0.4 is 11.1 Å². The average Bonchev–Trinajstić information content (AvgIpc) is 2.42. The number of benzene rings is 1. The van der Waals surface area contributed by atoms with E-state index in [0.717, 1.165) is 5.56 Å². The Kier molecular flexibility index (Phi) is 9.60. The van der Waals surface area contributed by atoms with Gasteiger partial charge in [0, 0.05) is 18.6 Å². The number of hydrogen-bond donors (Lipinski definition) is 2. The molecule has 9 heteroatoms. The van der Waals surface area contributed by atoms with E-state index in [9.17, 15) is 18.0 Å². The average molecular weight is 373 g/mol. The zero-order valence-corrected chi connectivity index (χ0v) is 14.4. The molecule has 1 rings (SSSR count). The molecule has 0 aliphatic heterocycles. The van der Waals surface area contributed by atoms with Crippen LogP contribution in [0.2, 0.25) is 0 Å². The Morgan fingerprint density at radius 2 is 2.09 bits per heavy atom. The number of thioether (sulfide) groups is 1. The number of alkyl halides is 3. The number of aryl methyl sites for hydroxylation is 1. The minimum absolute atomic E-state index is 0. The third-order valence-corrected chi connectivity index (χ3v) is 3.95. The number of anilines is 1. The highest BCUT2D eigenvalue weighted by molar-refractivity contribution is 7.99. The fraction of sp³-hybridized carbons (Fsp3) is 0.500. The lowest BCUT2D eigenvalue weighted by Gasteiger charge is -2.15. The van der Waals surface area contributed by atoms with Crippen LogP contribution in [-0.4, -0.2) is 37.6 Å². The molecule has 0 aliphatic carbocycles. The predicted molar refractivity (Wildman–Crippen MR) is 88.3 cm³/mol. The van der Waals surface area contributed by atoms with Crippen molar-refractivity contribution in [2.45, 2.75) is 30.5 Å². The SMILES string of the molecule is COC(CN)CC(=O)Nc1cc(C)ccc1SCC(F)(F)F.Cl. The number of carbonyl (C=O) groups is 1. The molecular weight excluding hydrogens is 353 g/mol. The van der Waals surface area contributed by atoms with E-state index in [-0.39, 0.29) is 31.3 Å². The van der Waals surface area contributed by atoms with Gasteiger partial charge in [0.25, 0.3) is 0 Å². The Labute approximate surface area is 143 Å². The Bertz CT molecular complexity index is 511. The lowest BCUT2D eigenvalue weighted by Crippen LogP contribution is -2.28. The van der Waals surface area contributed by atoms with Gasteiger partial charge in [0.05, 0.1) is 24.0 Å². The molecule has 132 valence electrons. The molecule has 3 N–H and O–H groups in total. The molecule has 4 nitrogen and oxygen atoms in total. The van der Waals surface area contributed by atoms with Crippen molar-refractivity contribution in [1.29, 1.82) is 0 Å². The maximum Gasteiger partial charge on any atom is 0.398 e. The number of halogens is 4. The van der Waals surface area contributed by atoms with Gasteiger partial charge in [-0.3, -0.25) is 4.79 Å². The third-order valence-electron chi connectivity index (χ3n) is 2.81. The van der Waals surface area contributed by atoms with Gasteiger partial charge >= 0.3 is 6.18 Å². The van der Waals surface area contributed by atoms with E-state index >= 15 is 0 Å². The van der Waals surface area contributed by atoms with Crippen molar-refractivity contribution in [2.75, 3.05) is 24.7 Å². The van der Waals surface area contributed by atoms with Crippen molar-refractivity contribution in [3.8, 4) is 0 Å². The first kappa shape index (κ1) is 22.0. The van der Waals surface area contributed by atoms with Crippen LogP contribution in [0, 0.1) is 6.92 Å². The fourth-order valence-electron chi connectivity index (χ4n) is 1.70. The molecule has 0 bridgehead atoms. The second kappa shape index (κ2) is 10.0. The summed E-state index contributed by atoms with van der Waals surface area (Å²) in [6, 6.07) is 4.91. The molecule has 1 atom stereocenters. The van der Waals surface area contributed by atoms with Crippen LogP contribution in [0.15, 0.2) is 23.1 Å². The van der Waals surface area contributed by atoms with Gasteiger partial charge in [-0.1, -0.05) is 6.07 Å². The number of rotatable bonds is 7. The minimum atomic E-state index is -4.27. The highest BCUT2D eigenvalue weighted by Gasteiger charge is 2.27. The summed E-state index contributed by atoms with van der Waals surface area (Å²) in [5.41, 5.74) is 6.65. The van der Waals surface area contributed by atoms with Crippen molar-refractivity contribution < 1.29 is 22.7 Å². The highest BCUT2D eigenvalue weighted by atomic mass is 35.5. The van der Waals surface area contributed by atoms with E-state index in [1.807, 2.05) is 0 Å². The molecule has 0 saturated heterocycles. The fourth-order valence-corrected chi connectivity index (χ4v) is 2.45. The van der Waals surface area contributed by atoms with Crippen LogP contribution in [0.25, 0.3) is 0 Å². The van der Waals surface area contributed by atoms with E-state index in [1.165, 1.54) is 7.11 Å². The monoisotopic (exact) mass is 372 g/mol. The first-order valence-corrected chi connectivity index (χ1v) is 7.56. The normalized spacial score (nSPS) is 12.4. The van der Waals surface area contributed by atoms with Gasteiger partial charge in [-0.2, -0.15) is 13.2 Å². The maximum atomic E-state index is 12.3. The summed E-state index contributed by atoms with van der Waals surface area (Å²) in [7, 11) is 1.45. The summed E-state index contributed by atoms with van der Waals surface area (Å²) in [6.07, 6.45) is -4.64. The Balaban J connectivity index is 0.00000484. The molecule has 0 saturated carbocycles. The smallest absolute Gasteiger partial charge is 0.380 e. The van der Waals surface area contributed by atoms with Crippen molar-refractivity contribution in [3.63, 3.8) is 0 Å².